The molecule has 2 heterocycles. The van der Waals surface area contributed by atoms with Gasteiger partial charge in [-0.05, 0) is 37.1 Å². The number of piperidine rings is 1. The summed E-state index contributed by atoms with van der Waals surface area (Å²) in [6, 6.07) is 8.71. The molecule has 0 unspecified atom stereocenters. The highest BCUT2D eigenvalue weighted by Crippen LogP contribution is 2.19. The largest absolute Gasteiger partial charge is 0.480 e. The van der Waals surface area contributed by atoms with Crippen molar-refractivity contribution in [3.05, 3.63) is 47.8 Å². The van der Waals surface area contributed by atoms with E-state index in [4.69, 9.17) is 14.7 Å². The molecule has 128 valence electrons. The molecular weight excluding hydrogens is 320 g/mol. The van der Waals surface area contributed by atoms with Gasteiger partial charge in [0.05, 0.1) is 37.7 Å². The molecular formula is C18H18N4O3. The molecule has 1 fully saturated rings. The summed E-state index contributed by atoms with van der Waals surface area (Å²) in [6.45, 7) is 1.17. The molecule has 1 aromatic carbocycles. The van der Waals surface area contributed by atoms with Crippen molar-refractivity contribution >= 4 is 5.91 Å². The summed E-state index contributed by atoms with van der Waals surface area (Å²) >= 11 is 0. The van der Waals surface area contributed by atoms with Crippen LogP contribution in [0.2, 0.25) is 0 Å². The van der Waals surface area contributed by atoms with Crippen LogP contribution in [0, 0.1) is 11.3 Å². The van der Waals surface area contributed by atoms with E-state index >= 15 is 0 Å². The second-order valence-corrected chi connectivity index (χ2v) is 5.72. The molecule has 1 amide bonds. The van der Waals surface area contributed by atoms with Crippen LogP contribution in [-0.2, 0) is 0 Å². The number of amides is 1. The van der Waals surface area contributed by atoms with Crippen molar-refractivity contribution in [2.75, 3.05) is 20.2 Å². The van der Waals surface area contributed by atoms with Gasteiger partial charge in [0.15, 0.2) is 0 Å². The molecule has 0 spiro atoms. The third-order valence-electron chi connectivity index (χ3n) is 4.01. The zero-order valence-corrected chi connectivity index (χ0v) is 13.9. The summed E-state index contributed by atoms with van der Waals surface area (Å²) in [5.41, 5.74) is 1.11. The number of carbonyl (C=O) groups is 1. The molecule has 1 aliphatic rings. The van der Waals surface area contributed by atoms with Gasteiger partial charge in [-0.1, -0.05) is 0 Å². The number of hydrogen-bond donors (Lipinski definition) is 0. The SMILES string of the molecule is COc1cncc(O[C@@H]2CCCN(C(=O)c3ccc(C#N)cc3)C2)n1. The van der Waals surface area contributed by atoms with Crippen LogP contribution in [-0.4, -0.2) is 47.1 Å². The fraction of sp³-hybridized carbons (Fsp3) is 0.333. The summed E-state index contributed by atoms with van der Waals surface area (Å²) < 4.78 is 10.9. The Morgan fingerprint density at radius 3 is 2.76 bits per heavy atom. The van der Waals surface area contributed by atoms with Gasteiger partial charge in [0.2, 0.25) is 11.8 Å². The molecule has 0 bridgehead atoms. The van der Waals surface area contributed by atoms with Crippen molar-refractivity contribution < 1.29 is 14.3 Å². The Labute approximate surface area is 145 Å². The molecule has 25 heavy (non-hydrogen) atoms. The maximum atomic E-state index is 12.6. The topological polar surface area (TPSA) is 88.3 Å². The molecule has 7 nitrogen and oxygen atoms in total. The van der Waals surface area contributed by atoms with Gasteiger partial charge in [-0.3, -0.25) is 9.78 Å². The first-order chi connectivity index (χ1) is 12.2. The molecule has 1 saturated heterocycles. The number of carbonyl (C=O) groups excluding carboxylic acids is 1. The van der Waals surface area contributed by atoms with E-state index in [0.717, 1.165) is 12.8 Å². The molecule has 0 radical (unpaired) electrons. The maximum Gasteiger partial charge on any atom is 0.253 e. The van der Waals surface area contributed by atoms with Gasteiger partial charge in [-0.25, -0.2) is 0 Å². The van der Waals surface area contributed by atoms with Gasteiger partial charge in [0.25, 0.3) is 5.91 Å². The Balaban J connectivity index is 1.65. The molecule has 0 N–H and O–H groups in total. The van der Waals surface area contributed by atoms with Crippen molar-refractivity contribution in [2.45, 2.75) is 18.9 Å². The molecule has 2 aromatic rings. The van der Waals surface area contributed by atoms with Crippen molar-refractivity contribution in [3.8, 4) is 17.8 Å². The molecule has 0 saturated carbocycles. The van der Waals surface area contributed by atoms with Crippen LogP contribution in [0.5, 0.6) is 11.8 Å². The average molecular weight is 338 g/mol. The van der Waals surface area contributed by atoms with Crippen LogP contribution in [0.15, 0.2) is 36.7 Å². The van der Waals surface area contributed by atoms with Crippen LogP contribution in [0.4, 0.5) is 0 Å². The number of hydrogen-bond acceptors (Lipinski definition) is 6. The summed E-state index contributed by atoms with van der Waals surface area (Å²) in [4.78, 5) is 22.6. The van der Waals surface area contributed by atoms with E-state index < -0.39 is 0 Å². The Morgan fingerprint density at radius 2 is 2.04 bits per heavy atom. The predicted molar refractivity (Wildman–Crippen MR) is 89.3 cm³/mol. The first-order valence-electron chi connectivity index (χ1n) is 8.01. The van der Waals surface area contributed by atoms with Gasteiger partial charge in [0.1, 0.15) is 6.10 Å². The smallest absolute Gasteiger partial charge is 0.253 e. The molecule has 1 atom stereocenters. The number of benzene rings is 1. The second kappa shape index (κ2) is 7.62. The van der Waals surface area contributed by atoms with Crippen LogP contribution in [0.25, 0.3) is 0 Å². The number of ether oxygens (including phenoxy) is 2. The van der Waals surface area contributed by atoms with E-state index in [2.05, 4.69) is 9.97 Å². The minimum Gasteiger partial charge on any atom is -0.480 e. The first-order valence-corrected chi connectivity index (χ1v) is 8.01. The summed E-state index contributed by atoms with van der Waals surface area (Å²) in [6.07, 6.45) is 4.59. The lowest BCUT2D eigenvalue weighted by Crippen LogP contribution is -2.44. The minimum absolute atomic E-state index is 0.0606. The van der Waals surface area contributed by atoms with E-state index in [9.17, 15) is 4.79 Å². The summed E-state index contributed by atoms with van der Waals surface area (Å²) in [7, 11) is 1.52. The minimum atomic E-state index is -0.141. The van der Waals surface area contributed by atoms with Crippen molar-refractivity contribution in [3.63, 3.8) is 0 Å². The average Bonchev–Trinajstić information content (AvgIpc) is 2.68. The molecule has 0 aliphatic carbocycles. The summed E-state index contributed by atoms with van der Waals surface area (Å²) in [5, 5.41) is 8.85. The van der Waals surface area contributed by atoms with Gasteiger partial charge in [0, 0.05) is 12.1 Å². The fourth-order valence-electron chi connectivity index (χ4n) is 2.75. The number of aromatic nitrogens is 2. The summed E-state index contributed by atoms with van der Waals surface area (Å²) in [5.74, 6) is 0.713. The highest BCUT2D eigenvalue weighted by atomic mass is 16.5. The lowest BCUT2D eigenvalue weighted by Gasteiger charge is -2.32. The number of rotatable bonds is 4. The Hall–Kier alpha value is -3.14. The van der Waals surface area contributed by atoms with E-state index in [1.54, 1.807) is 29.2 Å². The van der Waals surface area contributed by atoms with Crippen molar-refractivity contribution in [2.24, 2.45) is 0 Å². The zero-order chi connectivity index (χ0) is 17.6. The predicted octanol–water partition coefficient (Wildman–Crippen LogP) is 2.04. The highest BCUT2D eigenvalue weighted by molar-refractivity contribution is 5.94. The lowest BCUT2D eigenvalue weighted by molar-refractivity contribution is 0.0525. The number of likely N-dealkylation sites (tertiary alicyclic amines) is 1. The van der Waals surface area contributed by atoms with Crippen molar-refractivity contribution in [1.82, 2.24) is 14.9 Å². The van der Waals surface area contributed by atoms with Crippen LogP contribution >= 0.6 is 0 Å². The van der Waals surface area contributed by atoms with Crippen LogP contribution < -0.4 is 9.47 Å². The lowest BCUT2D eigenvalue weighted by atomic mass is 10.1. The van der Waals surface area contributed by atoms with Gasteiger partial charge < -0.3 is 14.4 Å². The highest BCUT2D eigenvalue weighted by Gasteiger charge is 2.26. The van der Waals surface area contributed by atoms with Crippen molar-refractivity contribution in [1.29, 1.82) is 5.26 Å². The normalized spacial score (nSPS) is 16.8. The third kappa shape index (κ3) is 4.04. The molecule has 1 aliphatic heterocycles. The van der Waals surface area contributed by atoms with Crippen LogP contribution in [0.3, 0.4) is 0 Å². The number of methoxy groups -OCH3 is 1. The first kappa shape index (κ1) is 16.7. The standard InChI is InChI=1S/C18H18N4O3/c1-24-16-10-20-11-17(21-16)25-15-3-2-8-22(12-15)18(23)14-6-4-13(9-19)5-7-14/h4-7,10-11,15H,2-3,8,12H2,1H3/t15-/m1/s1. The molecule has 1 aromatic heterocycles. The number of nitrogens with zero attached hydrogens (tertiary/aromatic N) is 4. The maximum absolute atomic E-state index is 12.6. The van der Waals surface area contributed by atoms with Gasteiger partial charge in [-0.15, -0.1) is 0 Å². The quantitative estimate of drug-likeness (QED) is 0.847. The van der Waals surface area contributed by atoms with Gasteiger partial charge >= 0.3 is 0 Å². The van der Waals surface area contributed by atoms with E-state index in [-0.39, 0.29) is 12.0 Å². The fourth-order valence-corrected chi connectivity index (χ4v) is 2.75. The van der Waals surface area contributed by atoms with Gasteiger partial charge in [-0.2, -0.15) is 10.2 Å². The monoisotopic (exact) mass is 338 g/mol. The Morgan fingerprint density at radius 1 is 1.28 bits per heavy atom. The van der Waals surface area contributed by atoms with E-state index in [0.29, 0.717) is 36.0 Å². The zero-order valence-electron chi connectivity index (χ0n) is 13.9. The molecule has 7 heteroatoms. The van der Waals surface area contributed by atoms with E-state index in [1.165, 1.54) is 19.5 Å². The Bertz CT molecular complexity index is 786. The number of nitriles is 1. The third-order valence-corrected chi connectivity index (χ3v) is 4.01. The van der Waals surface area contributed by atoms with E-state index in [1.807, 2.05) is 6.07 Å². The Kier molecular flexibility index (Phi) is 5.09. The van der Waals surface area contributed by atoms with Crippen LogP contribution in [0.1, 0.15) is 28.8 Å². The molecule has 3 rings (SSSR count). The second-order valence-electron chi connectivity index (χ2n) is 5.72.